The van der Waals surface area contributed by atoms with Gasteiger partial charge in [-0.2, -0.15) is 0 Å². The summed E-state index contributed by atoms with van der Waals surface area (Å²) in [5.41, 5.74) is 0.870. The molecule has 0 heterocycles. The molecule has 0 radical (unpaired) electrons. The second-order valence-electron chi connectivity index (χ2n) is 5.10. The molecule has 0 saturated heterocycles. The molecule has 116 valence electrons. The Morgan fingerprint density at radius 3 is 2.57 bits per heavy atom. The number of benzene rings is 1. The average molecular weight is 313 g/mol. The third-order valence-corrected chi connectivity index (χ3v) is 4.40. The zero-order valence-electron chi connectivity index (χ0n) is 12.0. The fourth-order valence-corrected chi connectivity index (χ4v) is 2.74. The summed E-state index contributed by atoms with van der Waals surface area (Å²) in [6.07, 6.45) is 1.32. The second-order valence-corrected chi connectivity index (χ2v) is 6.66. The number of primary sulfonamides is 1. The molecule has 6 nitrogen and oxygen atoms in total. The van der Waals surface area contributed by atoms with Gasteiger partial charge in [-0.3, -0.25) is 0 Å². The van der Waals surface area contributed by atoms with E-state index in [0.717, 1.165) is 0 Å². The maximum absolute atomic E-state index is 12.1. The monoisotopic (exact) mass is 313 g/mol. The standard InChI is InChI=1S/C14H19NO5S/c1-3-19-10-6-11(7-10)20-14(16)13-8-12(21(15,17)18)5-4-9(13)2/h4-5,8,10-11H,3,6-7H2,1-2H3,(H2,15,17,18). The molecule has 21 heavy (non-hydrogen) atoms. The SMILES string of the molecule is CCOC1CC(OC(=O)c2cc(S(N)(=O)=O)ccc2C)C1. The molecule has 0 atom stereocenters. The van der Waals surface area contributed by atoms with E-state index in [1.54, 1.807) is 13.0 Å². The van der Waals surface area contributed by atoms with Crippen LogP contribution in [0.1, 0.15) is 35.7 Å². The van der Waals surface area contributed by atoms with Crippen LogP contribution < -0.4 is 5.14 Å². The molecular weight excluding hydrogens is 294 g/mol. The Hall–Kier alpha value is -1.44. The number of carbonyl (C=O) groups excluding carboxylic acids is 1. The van der Waals surface area contributed by atoms with Gasteiger partial charge in [-0.05, 0) is 31.5 Å². The van der Waals surface area contributed by atoms with Crippen LogP contribution in [-0.4, -0.2) is 33.2 Å². The van der Waals surface area contributed by atoms with E-state index in [2.05, 4.69) is 0 Å². The van der Waals surface area contributed by atoms with Crippen molar-refractivity contribution in [1.29, 1.82) is 0 Å². The summed E-state index contributed by atoms with van der Waals surface area (Å²) in [5.74, 6) is -0.530. The molecular formula is C14H19NO5S. The Kier molecular flexibility index (Phi) is 4.65. The van der Waals surface area contributed by atoms with Crippen molar-refractivity contribution in [2.45, 2.75) is 43.8 Å². The second kappa shape index (κ2) is 6.13. The summed E-state index contributed by atoms with van der Waals surface area (Å²) in [4.78, 5) is 12.0. The minimum atomic E-state index is -3.84. The van der Waals surface area contributed by atoms with Crippen molar-refractivity contribution < 1.29 is 22.7 Å². The third-order valence-electron chi connectivity index (χ3n) is 3.49. The number of hydrogen-bond donors (Lipinski definition) is 1. The van der Waals surface area contributed by atoms with E-state index >= 15 is 0 Å². The Morgan fingerprint density at radius 2 is 2.00 bits per heavy atom. The molecule has 1 aromatic rings. The number of esters is 1. The number of aryl methyl sites for hydroxylation is 1. The summed E-state index contributed by atoms with van der Waals surface area (Å²) >= 11 is 0. The van der Waals surface area contributed by atoms with Crippen LogP contribution in [0.2, 0.25) is 0 Å². The zero-order chi connectivity index (χ0) is 15.6. The van der Waals surface area contributed by atoms with Gasteiger partial charge in [0.25, 0.3) is 0 Å². The van der Waals surface area contributed by atoms with E-state index in [9.17, 15) is 13.2 Å². The number of hydrogen-bond acceptors (Lipinski definition) is 5. The van der Waals surface area contributed by atoms with Gasteiger partial charge in [-0.15, -0.1) is 0 Å². The maximum Gasteiger partial charge on any atom is 0.338 e. The van der Waals surface area contributed by atoms with Crippen molar-refractivity contribution in [3.05, 3.63) is 29.3 Å². The molecule has 1 saturated carbocycles. The largest absolute Gasteiger partial charge is 0.459 e. The Balaban J connectivity index is 2.06. The minimum Gasteiger partial charge on any atom is -0.459 e. The van der Waals surface area contributed by atoms with Gasteiger partial charge < -0.3 is 9.47 Å². The predicted octanol–water partition coefficient (Wildman–Crippen LogP) is 1.37. The Bertz CT molecular complexity index is 635. The molecule has 0 aliphatic heterocycles. The van der Waals surface area contributed by atoms with E-state index in [-0.39, 0.29) is 22.7 Å². The zero-order valence-corrected chi connectivity index (χ0v) is 12.9. The first kappa shape index (κ1) is 15.9. The first-order valence-electron chi connectivity index (χ1n) is 6.77. The molecule has 0 unspecified atom stereocenters. The van der Waals surface area contributed by atoms with E-state index in [1.165, 1.54) is 12.1 Å². The van der Waals surface area contributed by atoms with Crippen molar-refractivity contribution in [2.24, 2.45) is 5.14 Å². The van der Waals surface area contributed by atoms with Crippen LogP contribution in [0.5, 0.6) is 0 Å². The van der Waals surface area contributed by atoms with Crippen LogP contribution in [0, 0.1) is 6.92 Å². The smallest absolute Gasteiger partial charge is 0.338 e. The molecule has 0 spiro atoms. The molecule has 1 aliphatic carbocycles. The summed E-state index contributed by atoms with van der Waals surface area (Å²) in [6, 6.07) is 4.17. The summed E-state index contributed by atoms with van der Waals surface area (Å²) in [7, 11) is -3.84. The lowest BCUT2D eigenvalue weighted by molar-refractivity contribution is -0.0770. The molecule has 2 rings (SSSR count). The summed E-state index contributed by atoms with van der Waals surface area (Å²) in [6.45, 7) is 4.27. The van der Waals surface area contributed by atoms with Crippen LogP contribution in [0.25, 0.3) is 0 Å². The topological polar surface area (TPSA) is 95.7 Å². The number of nitrogens with two attached hydrogens (primary N) is 1. The normalized spacial score (nSPS) is 21.7. The minimum absolute atomic E-state index is 0.0964. The molecule has 0 aromatic heterocycles. The fourth-order valence-electron chi connectivity index (χ4n) is 2.20. The molecule has 0 amide bonds. The Labute approximate surface area is 124 Å². The number of ether oxygens (including phenoxy) is 2. The van der Waals surface area contributed by atoms with Crippen LogP contribution >= 0.6 is 0 Å². The van der Waals surface area contributed by atoms with E-state index < -0.39 is 16.0 Å². The van der Waals surface area contributed by atoms with E-state index in [4.69, 9.17) is 14.6 Å². The highest BCUT2D eigenvalue weighted by atomic mass is 32.2. The molecule has 1 aromatic carbocycles. The van der Waals surface area contributed by atoms with Gasteiger partial charge >= 0.3 is 5.97 Å². The lowest BCUT2D eigenvalue weighted by Gasteiger charge is -2.34. The molecule has 1 aliphatic rings. The summed E-state index contributed by atoms with van der Waals surface area (Å²) in [5, 5.41) is 5.07. The van der Waals surface area contributed by atoms with Crippen LogP contribution in [0.3, 0.4) is 0 Å². The molecule has 0 bridgehead atoms. The first-order valence-corrected chi connectivity index (χ1v) is 8.32. The Morgan fingerprint density at radius 1 is 1.33 bits per heavy atom. The maximum atomic E-state index is 12.1. The van der Waals surface area contributed by atoms with Gasteiger partial charge in [0.05, 0.1) is 16.6 Å². The predicted molar refractivity (Wildman–Crippen MR) is 76.4 cm³/mol. The van der Waals surface area contributed by atoms with Crippen LogP contribution in [-0.2, 0) is 19.5 Å². The van der Waals surface area contributed by atoms with Gasteiger partial charge in [-0.1, -0.05) is 6.07 Å². The molecule has 7 heteroatoms. The highest BCUT2D eigenvalue weighted by molar-refractivity contribution is 7.89. The van der Waals surface area contributed by atoms with Crippen molar-refractivity contribution in [3.8, 4) is 0 Å². The fraction of sp³-hybridized carbons (Fsp3) is 0.500. The van der Waals surface area contributed by atoms with E-state index in [1.807, 2.05) is 6.92 Å². The number of sulfonamides is 1. The van der Waals surface area contributed by atoms with Gasteiger partial charge in [0, 0.05) is 19.4 Å². The molecule has 2 N–H and O–H groups in total. The number of carbonyl (C=O) groups is 1. The molecule has 1 fully saturated rings. The van der Waals surface area contributed by atoms with Crippen LogP contribution in [0.4, 0.5) is 0 Å². The third kappa shape index (κ3) is 3.81. The quantitative estimate of drug-likeness (QED) is 0.828. The highest BCUT2D eigenvalue weighted by Gasteiger charge is 2.33. The average Bonchev–Trinajstić information content (AvgIpc) is 2.35. The highest BCUT2D eigenvalue weighted by Crippen LogP contribution is 2.27. The summed E-state index contributed by atoms with van der Waals surface area (Å²) < 4.78 is 33.4. The van der Waals surface area contributed by atoms with E-state index in [0.29, 0.717) is 25.0 Å². The van der Waals surface area contributed by atoms with Crippen molar-refractivity contribution in [2.75, 3.05) is 6.61 Å². The van der Waals surface area contributed by atoms with Crippen molar-refractivity contribution >= 4 is 16.0 Å². The lowest BCUT2D eigenvalue weighted by atomic mass is 9.92. The van der Waals surface area contributed by atoms with Gasteiger partial charge in [0.15, 0.2) is 0 Å². The van der Waals surface area contributed by atoms with Crippen LogP contribution in [0.15, 0.2) is 23.1 Å². The van der Waals surface area contributed by atoms with Gasteiger partial charge in [0.2, 0.25) is 10.0 Å². The van der Waals surface area contributed by atoms with Crippen molar-refractivity contribution in [3.63, 3.8) is 0 Å². The lowest BCUT2D eigenvalue weighted by Crippen LogP contribution is -2.39. The van der Waals surface area contributed by atoms with Gasteiger partial charge in [0.1, 0.15) is 6.10 Å². The number of rotatable bonds is 5. The first-order chi connectivity index (χ1) is 9.81. The van der Waals surface area contributed by atoms with Gasteiger partial charge in [-0.25, -0.2) is 18.4 Å². The van der Waals surface area contributed by atoms with Crippen molar-refractivity contribution in [1.82, 2.24) is 0 Å².